The molecule has 0 radical (unpaired) electrons. The number of hydrogen-bond acceptors (Lipinski definition) is 4. The average Bonchev–Trinajstić information content (AvgIpc) is 2.75. The Bertz CT molecular complexity index is 492. The van der Waals surface area contributed by atoms with Gasteiger partial charge in [-0.2, -0.15) is 0 Å². The van der Waals surface area contributed by atoms with Gasteiger partial charge in [-0.1, -0.05) is 18.2 Å². The first-order valence-electron chi connectivity index (χ1n) is 5.07. The molecule has 0 spiro atoms. The van der Waals surface area contributed by atoms with Gasteiger partial charge < -0.3 is 14.3 Å². The van der Waals surface area contributed by atoms with Gasteiger partial charge in [-0.3, -0.25) is 4.79 Å². The summed E-state index contributed by atoms with van der Waals surface area (Å²) >= 11 is 0. The van der Waals surface area contributed by atoms with Crippen molar-refractivity contribution in [1.29, 1.82) is 0 Å². The molecule has 0 unspecified atom stereocenters. The monoisotopic (exact) mass is 233 g/mol. The lowest BCUT2D eigenvalue weighted by molar-refractivity contribution is -0.136. The molecular weight excluding hydrogens is 222 g/mol. The summed E-state index contributed by atoms with van der Waals surface area (Å²) in [7, 11) is 0. The number of aliphatic carboxylic acids is 1. The molecule has 0 atom stereocenters. The van der Waals surface area contributed by atoms with Crippen LogP contribution in [0.2, 0.25) is 0 Å². The maximum absolute atomic E-state index is 10.4. The van der Waals surface area contributed by atoms with Crippen LogP contribution in [0.25, 0.3) is 0 Å². The van der Waals surface area contributed by atoms with Gasteiger partial charge in [-0.25, -0.2) is 4.98 Å². The fourth-order valence-electron chi connectivity index (χ4n) is 1.31. The molecule has 0 amide bonds. The van der Waals surface area contributed by atoms with Crippen LogP contribution in [0.5, 0.6) is 5.75 Å². The maximum atomic E-state index is 10.4. The molecule has 2 aromatic rings. The molecule has 0 aliphatic heterocycles. The van der Waals surface area contributed by atoms with Crippen molar-refractivity contribution in [2.75, 3.05) is 0 Å². The van der Waals surface area contributed by atoms with E-state index in [4.69, 9.17) is 14.3 Å². The molecule has 0 aliphatic carbocycles. The van der Waals surface area contributed by atoms with Gasteiger partial charge >= 0.3 is 5.97 Å². The molecule has 0 saturated heterocycles. The summed E-state index contributed by atoms with van der Waals surface area (Å²) in [6, 6.07) is 9.26. The summed E-state index contributed by atoms with van der Waals surface area (Å²) in [6.45, 7) is 0.184. The van der Waals surface area contributed by atoms with Gasteiger partial charge in [0.05, 0.1) is 6.20 Å². The second-order valence-electron chi connectivity index (χ2n) is 3.39. The highest BCUT2D eigenvalue weighted by Crippen LogP contribution is 2.12. The molecule has 2 rings (SSSR count). The first kappa shape index (κ1) is 11.2. The summed E-state index contributed by atoms with van der Waals surface area (Å²) in [6.07, 6.45) is 1.23. The minimum Gasteiger partial charge on any atom is -0.484 e. The molecule has 1 heterocycles. The number of rotatable bonds is 5. The number of benzene rings is 1. The Morgan fingerprint density at radius 3 is 2.82 bits per heavy atom. The van der Waals surface area contributed by atoms with Gasteiger partial charge in [0.15, 0.2) is 6.61 Å². The van der Waals surface area contributed by atoms with Crippen molar-refractivity contribution in [3.05, 3.63) is 48.2 Å². The Labute approximate surface area is 97.7 Å². The number of aromatic nitrogens is 1. The van der Waals surface area contributed by atoms with Gasteiger partial charge in [-0.05, 0) is 12.1 Å². The number of carboxylic acid groups (broad SMARTS) is 1. The van der Waals surface area contributed by atoms with Crippen LogP contribution >= 0.6 is 0 Å². The summed E-state index contributed by atoms with van der Waals surface area (Å²) in [5, 5.41) is 8.57. The second-order valence-corrected chi connectivity index (χ2v) is 3.39. The van der Waals surface area contributed by atoms with Crippen LogP contribution in [-0.4, -0.2) is 16.1 Å². The maximum Gasteiger partial charge on any atom is 0.311 e. The van der Waals surface area contributed by atoms with E-state index in [-0.39, 0.29) is 13.0 Å². The lowest BCUT2D eigenvalue weighted by atomic mass is 10.3. The molecule has 0 bridgehead atoms. The third kappa shape index (κ3) is 3.34. The first-order chi connectivity index (χ1) is 8.24. The zero-order valence-corrected chi connectivity index (χ0v) is 9.00. The fourth-order valence-corrected chi connectivity index (χ4v) is 1.31. The van der Waals surface area contributed by atoms with E-state index in [2.05, 4.69) is 4.98 Å². The molecule has 0 saturated carbocycles. The van der Waals surface area contributed by atoms with E-state index < -0.39 is 5.97 Å². The molecule has 17 heavy (non-hydrogen) atoms. The molecule has 5 heteroatoms. The number of ether oxygens (including phenoxy) is 1. The Kier molecular flexibility index (Phi) is 3.40. The van der Waals surface area contributed by atoms with Crippen LogP contribution in [0.1, 0.15) is 11.7 Å². The van der Waals surface area contributed by atoms with Crippen LogP contribution in [0, 0.1) is 0 Å². The van der Waals surface area contributed by atoms with E-state index in [1.807, 2.05) is 30.3 Å². The van der Waals surface area contributed by atoms with E-state index in [0.717, 1.165) is 0 Å². The predicted octanol–water partition coefficient (Wildman–Crippen LogP) is 1.88. The van der Waals surface area contributed by atoms with E-state index in [9.17, 15) is 4.79 Å². The van der Waals surface area contributed by atoms with Crippen molar-refractivity contribution in [3.63, 3.8) is 0 Å². The molecule has 0 fully saturated rings. The van der Waals surface area contributed by atoms with Crippen LogP contribution in [0.4, 0.5) is 0 Å². The van der Waals surface area contributed by atoms with Crippen LogP contribution in [-0.2, 0) is 17.8 Å². The number of oxazole rings is 1. The van der Waals surface area contributed by atoms with Crippen molar-refractivity contribution in [3.8, 4) is 5.75 Å². The van der Waals surface area contributed by atoms with Crippen molar-refractivity contribution in [2.24, 2.45) is 0 Å². The molecule has 0 aliphatic rings. The average molecular weight is 233 g/mol. The quantitative estimate of drug-likeness (QED) is 0.853. The minimum absolute atomic E-state index is 0.168. The van der Waals surface area contributed by atoms with Gasteiger partial charge in [0.1, 0.15) is 17.9 Å². The highest BCUT2D eigenvalue weighted by atomic mass is 16.5. The Hall–Kier alpha value is -2.30. The normalized spacial score (nSPS) is 10.1. The molecule has 5 nitrogen and oxygen atoms in total. The van der Waals surface area contributed by atoms with E-state index >= 15 is 0 Å². The lowest BCUT2D eigenvalue weighted by Gasteiger charge is -2.01. The van der Waals surface area contributed by atoms with Crippen molar-refractivity contribution in [2.45, 2.75) is 13.0 Å². The summed E-state index contributed by atoms with van der Waals surface area (Å²) in [4.78, 5) is 14.4. The summed E-state index contributed by atoms with van der Waals surface area (Å²) in [5.74, 6) is 0.455. The van der Waals surface area contributed by atoms with Crippen LogP contribution in [0.3, 0.4) is 0 Å². The van der Waals surface area contributed by atoms with E-state index in [1.165, 1.54) is 6.20 Å². The van der Waals surface area contributed by atoms with Crippen molar-refractivity contribution in [1.82, 2.24) is 4.98 Å². The van der Waals surface area contributed by atoms with Gasteiger partial charge in [0.25, 0.3) is 0 Å². The predicted molar refractivity (Wildman–Crippen MR) is 58.6 cm³/mol. The Morgan fingerprint density at radius 2 is 2.12 bits per heavy atom. The number of nitrogens with zero attached hydrogens (tertiary/aromatic N) is 1. The SMILES string of the molecule is O=C(O)Cc1cnc(COc2ccccc2)o1. The van der Waals surface area contributed by atoms with Gasteiger partial charge in [0, 0.05) is 0 Å². The fraction of sp³-hybridized carbons (Fsp3) is 0.167. The highest BCUT2D eigenvalue weighted by Gasteiger charge is 2.08. The van der Waals surface area contributed by atoms with Gasteiger partial charge in [0.2, 0.25) is 5.89 Å². The van der Waals surface area contributed by atoms with E-state index in [1.54, 1.807) is 0 Å². The first-order valence-corrected chi connectivity index (χ1v) is 5.07. The third-order valence-electron chi connectivity index (χ3n) is 2.03. The molecule has 1 aromatic carbocycles. The number of carboxylic acids is 1. The molecular formula is C12H11NO4. The molecule has 88 valence electrons. The smallest absolute Gasteiger partial charge is 0.311 e. The standard InChI is InChI=1S/C12H11NO4/c14-12(15)6-10-7-13-11(17-10)8-16-9-4-2-1-3-5-9/h1-5,7H,6,8H2,(H,14,15). The number of para-hydroxylation sites is 1. The highest BCUT2D eigenvalue weighted by molar-refractivity contribution is 5.69. The van der Waals surface area contributed by atoms with Gasteiger partial charge in [-0.15, -0.1) is 0 Å². The van der Waals surface area contributed by atoms with Crippen molar-refractivity contribution < 1.29 is 19.1 Å². The second kappa shape index (κ2) is 5.16. The zero-order chi connectivity index (χ0) is 12.1. The topological polar surface area (TPSA) is 72.6 Å². The third-order valence-corrected chi connectivity index (χ3v) is 2.03. The van der Waals surface area contributed by atoms with Crippen LogP contribution in [0.15, 0.2) is 40.9 Å². The van der Waals surface area contributed by atoms with Crippen molar-refractivity contribution >= 4 is 5.97 Å². The minimum atomic E-state index is -0.948. The number of carbonyl (C=O) groups is 1. The Morgan fingerprint density at radius 1 is 1.35 bits per heavy atom. The summed E-state index contributed by atoms with van der Waals surface area (Å²) in [5.41, 5.74) is 0. The molecule has 1 aromatic heterocycles. The Balaban J connectivity index is 1.91. The lowest BCUT2D eigenvalue weighted by Crippen LogP contribution is -1.98. The number of hydrogen-bond donors (Lipinski definition) is 1. The molecule has 1 N–H and O–H groups in total. The largest absolute Gasteiger partial charge is 0.484 e. The van der Waals surface area contributed by atoms with Crippen LogP contribution < -0.4 is 4.74 Å². The summed E-state index contributed by atoms with van der Waals surface area (Å²) < 4.78 is 10.6. The zero-order valence-electron chi connectivity index (χ0n) is 9.00. The van der Waals surface area contributed by atoms with E-state index in [0.29, 0.717) is 17.4 Å².